The van der Waals surface area contributed by atoms with E-state index >= 15 is 0 Å². The van der Waals surface area contributed by atoms with Gasteiger partial charge in [0.2, 0.25) is 0 Å². The zero-order valence-electron chi connectivity index (χ0n) is 15.6. The third kappa shape index (κ3) is 3.71. The van der Waals surface area contributed by atoms with Gasteiger partial charge in [0.15, 0.2) is 0 Å². The second-order valence-electron chi connectivity index (χ2n) is 6.38. The number of nitrogens with one attached hydrogen (secondary N) is 1. The van der Waals surface area contributed by atoms with E-state index in [1.807, 2.05) is 48.0 Å². The Morgan fingerprint density at radius 3 is 2.61 bits per heavy atom. The minimum absolute atomic E-state index is 0.258. The Labute approximate surface area is 162 Å². The van der Waals surface area contributed by atoms with Gasteiger partial charge in [-0.25, -0.2) is 14.4 Å². The molecule has 1 N–H and O–H groups in total. The summed E-state index contributed by atoms with van der Waals surface area (Å²) in [6.45, 7) is 1.95. The van der Waals surface area contributed by atoms with Crippen LogP contribution in [0.25, 0.3) is 29.1 Å². The van der Waals surface area contributed by atoms with E-state index in [-0.39, 0.29) is 5.82 Å². The van der Waals surface area contributed by atoms with Crippen LogP contribution >= 0.6 is 0 Å². The number of halogens is 1. The molecular formula is C22H19FN4O. The Bertz CT molecular complexity index is 1130. The van der Waals surface area contributed by atoms with Crippen molar-refractivity contribution in [2.45, 2.75) is 6.92 Å². The van der Waals surface area contributed by atoms with E-state index in [1.54, 1.807) is 31.8 Å². The van der Waals surface area contributed by atoms with Gasteiger partial charge in [-0.3, -0.25) is 0 Å². The lowest BCUT2D eigenvalue weighted by atomic mass is 10.1. The van der Waals surface area contributed by atoms with Gasteiger partial charge in [0, 0.05) is 6.20 Å². The van der Waals surface area contributed by atoms with Crippen LogP contribution in [0.5, 0.6) is 5.75 Å². The molecule has 0 aliphatic rings. The highest BCUT2D eigenvalue weighted by molar-refractivity contribution is 5.70. The Kier molecular flexibility index (Phi) is 4.76. The Balaban J connectivity index is 1.56. The number of nitrogens with zero attached hydrogens (tertiary/aromatic N) is 3. The molecule has 28 heavy (non-hydrogen) atoms. The molecule has 0 saturated heterocycles. The summed E-state index contributed by atoms with van der Waals surface area (Å²) in [4.78, 5) is 11.8. The standard InChI is InChI=1S/C22H19FN4O/c1-15-13-27(14-25-15)20-9-3-16(11-21(20)28-2)4-10-22-24-12-19(26-22)17-5-7-18(23)8-6-17/h3-14H,1-2H3,(H,24,26). The van der Waals surface area contributed by atoms with Gasteiger partial charge < -0.3 is 14.3 Å². The quantitative estimate of drug-likeness (QED) is 0.541. The number of hydrogen-bond donors (Lipinski definition) is 1. The van der Waals surface area contributed by atoms with Crippen LogP contribution in [0.1, 0.15) is 17.1 Å². The SMILES string of the molecule is COc1cc(C=Cc2ncc(-c3ccc(F)cc3)[nH]2)ccc1-n1cnc(C)c1. The maximum Gasteiger partial charge on any atom is 0.143 e. The average Bonchev–Trinajstić information content (AvgIpc) is 3.36. The van der Waals surface area contributed by atoms with E-state index in [2.05, 4.69) is 15.0 Å². The van der Waals surface area contributed by atoms with Crippen LogP contribution in [0.2, 0.25) is 0 Å². The summed E-state index contributed by atoms with van der Waals surface area (Å²) in [5.74, 6) is 1.21. The van der Waals surface area contributed by atoms with Crippen molar-refractivity contribution in [1.82, 2.24) is 19.5 Å². The molecule has 2 heterocycles. The van der Waals surface area contributed by atoms with Gasteiger partial charge in [0.25, 0.3) is 0 Å². The second-order valence-corrected chi connectivity index (χ2v) is 6.38. The first-order valence-corrected chi connectivity index (χ1v) is 8.80. The Hall–Kier alpha value is -3.67. The third-order valence-electron chi connectivity index (χ3n) is 4.38. The molecule has 0 spiro atoms. The van der Waals surface area contributed by atoms with Crippen LogP contribution in [-0.4, -0.2) is 26.6 Å². The number of aryl methyl sites for hydroxylation is 1. The van der Waals surface area contributed by atoms with Gasteiger partial charge in [-0.1, -0.05) is 12.1 Å². The molecule has 0 fully saturated rings. The lowest BCUT2D eigenvalue weighted by Crippen LogP contribution is -1.95. The smallest absolute Gasteiger partial charge is 0.143 e. The summed E-state index contributed by atoms with van der Waals surface area (Å²) in [6.07, 6.45) is 9.30. The van der Waals surface area contributed by atoms with E-state index in [0.29, 0.717) is 5.82 Å². The first kappa shape index (κ1) is 17.7. The van der Waals surface area contributed by atoms with Crippen LogP contribution in [0.4, 0.5) is 4.39 Å². The first-order chi connectivity index (χ1) is 13.6. The molecule has 2 aromatic heterocycles. The van der Waals surface area contributed by atoms with Gasteiger partial charge in [-0.2, -0.15) is 0 Å². The number of ether oxygens (including phenoxy) is 1. The fourth-order valence-electron chi connectivity index (χ4n) is 2.94. The number of rotatable bonds is 5. The van der Waals surface area contributed by atoms with Crippen molar-refractivity contribution in [3.05, 3.63) is 84.1 Å². The molecule has 2 aromatic carbocycles. The molecule has 0 aliphatic carbocycles. The normalized spacial score (nSPS) is 11.2. The second kappa shape index (κ2) is 7.52. The van der Waals surface area contributed by atoms with Crippen LogP contribution in [0.15, 0.2) is 61.2 Å². The van der Waals surface area contributed by atoms with Crippen LogP contribution in [0.3, 0.4) is 0 Å². The molecule has 0 unspecified atom stereocenters. The minimum atomic E-state index is -0.258. The van der Waals surface area contributed by atoms with Gasteiger partial charge in [-0.15, -0.1) is 0 Å². The molecule has 0 radical (unpaired) electrons. The summed E-state index contributed by atoms with van der Waals surface area (Å²) in [5.41, 5.74) is 4.58. The van der Waals surface area contributed by atoms with Gasteiger partial charge in [0.05, 0.1) is 36.7 Å². The molecule has 5 nitrogen and oxygen atoms in total. The highest BCUT2D eigenvalue weighted by Crippen LogP contribution is 2.25. The molecule has 6 heteroatoms. The molecule has 0 bridgehead atoms. The monoisotopic (exact) mass is 374 g/mol. The fraction of sp³-hybridized carbons (Fsp3) is 0.0909. The predicted molar refractivity (Wildman–Crippen MR) is 108 cm³/mol. The van der Waals surface area contributed by atoms with E-state index in [4.69, 9.17) is 4.74 Å². The van der Waals surface area contributed by atoms with E-state index < -0.39 is 0 Å². The molecule has 0 atom stereocenters. The summed E-state index contributed by atoms with van der Waals surface area (Å²) in [5, 5.41) is 0. The zero-order valence-corrected chi connectivity index (χ0v) is 15.6. The van der Waals surface area contributed by atoms with Gasteiger partial charge in [0.1, 0.15) is 17.4 Å². The number of H-pyrrole nitrogens is 1. The summed E-state index contributed by atoms with van der Waals surface area (Å²) < 4.78 is 20.5. The maximum absolute atomic E-state index is 13.1. The highest BCUT2D eigenvalue weighted by Gasteiger charge is 2.07. The van der Waals surface area contributed by atoms with E-state index in [0.717, 1.165) is 34.0 Å². The van der Waals surface area contributed by atoms with Crippen LogP contribution in [-0.2, 0) is 0 Å². The molecule has 0 aliphatic heterocycles. The van der Waals surface area contributed by atoms with Crippen LogP contribution in [0, 0.1) is 12.7 Å². The van der Waals surface area contributed by atoms with Crippen molar-refractivity contribution in [2.75, 3.05) is 7.11 Å². The molecular weight excluding hydrogens is 355 g/mol. The van der Waals surface area contributed by atoms with Gasteiger partial charge in [-0.05, 0) is 60.5 Å². The summed E-state index contributed by atoms with van der Waals surface area (Å²) in [6, 6.07) is 12.3. The predicted octanol–water partition coefficient (Wildman–Crippen LogP) is 4.89. The molecule has 4 rings (SSSR count). The molecule has 140 valence electrons. The highest BCUT2D eigenvalue weighted by atomic mass is 19.1. The lowest BCUT2D eigenvalue weighted by molar-refractivity contribution is 0.413. The van der Waals surface area contributed by atoms with E-state index in [9.17, 15) is 4.39 Å². The number of benzene rings is 2. The lowest BCUT2D eigenvalue weighted by Gasteiger charge is -2.09. The zero-order chi connectivity index (χ0) is 19.5. The number of hydrogen-bond acceptors (Lipinski definition) is 3. The Morgan fingerprint density at radius 2 is 1.89 bits per heavy atom. The summed E-state index contributed by atoms with van der Waals surface area (Å²) >= 11 is 0. The van der Waals surface area contributed by atoms with Gasteiger partial charge >= 0.3 is 0 Å². The van der Waals surface area contributed by atoms with Crippen molar-refractivity contribution < 1.29 is 9.13 Å². The number of aromatic nitrogens is 4. The van der Waals surface area contributed by atoms with Crippen LogP contribution < -0.4 is 4.74 Å². The van der Waals surface area contributed by atoms with Crippen molar-refractivity contribution in [2.24, 2.45) is 0 Å². The van der Waals surface area contributed by atoms with Crippen molar-refractivity contribution in [3.8, 4) is 22.7 Å². The third-order valence-corrected chi connectivity index (χ3v) is 4.38. The molecule has 0 amide bonds. The number of methoxy groups -OCH3 is 1. The topological polar surface area (TPSA) is 55.7 Å². The maximum atomic E-state index is 13.1. The molecule has 4 aromatic rings. The fourth-order valence-corrected chi connectivity index (χ4v) is 2.94. The number of imidazole rings is 2. The largest absolute Gasteiger partial charge is 0.495 e. The van der Waals surface area contributed by atoms with Crippen molar-refractivity contribution >= 4 is 12.2 Å². The van der Waals surface area contributed by atoms with Crippen molar-refractivity contribution in [1.29, 1.82) is 0 Å². The first-order valence-electron chi connectivity index (χ1n) is 8.80. The minimum Gasteiger partial charge on any atom is -0.495 e. The Morgan fingerprint density at radius 1 is 1.07 bits per heavy atom. The molecule has 0 saturated carbocycles. The van der Waals surface area contributed by atoms with Crippen molar-refractivity contribution in [3.63, 3.8) is 0 Å². The average molecular weight is 374 g/mol. The van der Waals surface area contributed by atoms with E-state index in [1.165, 1.54) is 12.1 Å². The number of aromatic amines is 1. The summed E-state index contributed by atoms with van der Waals surface area (Å²) in [7, 11) is 1.65.